The van der Waals surface area contributed by atoms with Gasteiger partial charge in [0.2, 0.25) is 0 Å². The van der Waals surface area contributed by atoms with Gasteiger partial charge in [0.1, 0.15) is 0 Å². The van der Waals surface area contributed by atoms with Crippen molar-refractivity contribution in [2.24, 2.45) is 0 Å². The van der Waals surface area contributed by atoms with Crippen LogP contribution in [0.3, 0.4) is 0 Å². The van der Waals surface area contributed by atoms with E-state index in [-0.39, 0.29) is 19.0 Å². The van der Waals surface area contributed by atoms with Gasteiger partial charge in [0.05, 0.1) is 6.54 Å². The molecular weight excluding hydrogens is 324 g/mol. The van der Waals surface area contributed by atoms with E-state index < -0.39 is 5.97 Å². The van der Waals surface area contributed by atoms with Gasteiger partial charge in [-0.25, -0.2) is 0 Å². The van der Waals surface area contributed by atoms with Crippen molar-refractivity contribution < 1.29 is 9.90 Å². The number of fused-ring (bicyclic) bond motifs is 1. The van der Waals surface area contributed by atoms with E-state index in [1.807, 2.05) is 11.9 Å². The highest BCUT2D eigenvalue weighted by molar-refractivity contribution is 5.86. The number of benzene rings is 2. The Hall–Kier alpha value is -1.62. The number of carbonyl (C=O) groups is 1. The SMILES string of the molecule is CN(CC(=O)O)C1CCN(Cc2cccc3ccccc23)CC1.Cl. The monoisotopic (exact) mass is 348 g/mol. The second-order valence-electron chi connectivity index (χ2n) is 6.45. The molecule has 130 valence electrons. The lowest BCUT2D eigenvalue weighted by Gasteiger charge is -2.36. The molecule has 1 aliphatic rings. The van der Waals surface area contributed by atoms with Crippen LogP contribution in [-0.4, -0.2) is 53.6 Å². The summed E-state index contributed by atoms with van der Waals surface area (Å²) in [6, 6.07) is 15.4. The Kier molecular flexibility index (Phi) is 6.60. The molecule has 0 saturated carbocycles. The topological polar surface area (TPSA) is 43.8 Å². The molecule has 1 aliphatic heterocycles. The van der Waals surface area contributed by atoms with Crippen molar-refractivity contribution in [3.63, 3.8) is 0 Å². The highest BCUT2D eigenvalue weighted by Gasteiger charge is 2.23. The first kappa shape index (κ1) is 18.7. The molecule has 5 heteroatoms. The Morgan fingerprint density at radius 2 is 1.83 bits per heavy atom. The number of halogens is 1. The van der Waals surface area contributed by atoms with Gasteiger partial charge in [-0.05, 0) is 49.3 Å². The van der Waals surface area contributed by atoms with Crippen molar-refractivity contribution in [3.05, 3.63) is 48.0 Å². The zero-order valence-electron chi connectivity index (χ0n) is 14.0. The van der Waals surface area contributed by atoms with Gasteiger partial charge in [-0.1, -0.05) is 42.5 Å². The van der Waals surface area contributed by atoms with Crippen LogP contribution in [-0.2, 0) is 11.3 Å². The molecule has 2 aromatic rings. The molecule has 3 rings (SSSR count). The Balaban J connectivity index is 0.00000208. The second kappa shape index (κ2) is 8.47. The molecule has 0 amide bonds. The lowest BCUT2D eigenvalue weighted by Crippen LogP contribution is -2.44. The maximum Gasteiger partial charge on any atom is 0.317 e. The fourth-order valence-corrected chi connectivity index (χ4v) is 3.53. The Bertz CT molecular complexity index is 679. The van der Waals surface area contributed by atoms with Gasteiger partial charge >= 0.3 is 5.97 Å². The molecule has 0 aliphatic carbocycles. The van der Waals surface area contributed by atoms with Crippen molar-refractivity contribution in [1.82, 2.24) is 9.80 Å². The van der Waals surface area contributed by atoms with E-state index in [1.165, 1.54) is 16.3 Å². The van der Waals surface area contributed by atoms with Crippen molar-refractivity contribution in [1.29, 1.82) is 0 Å². The van der Waals surface area contributed by atoms with E-state index in [4.69, 9.17) is 5.11 Å². The Morgan fingerprint density at radius 1 is 1.17 bits per heavy atom. The van der Waals surface area contributed by atoms with Crippen LogP contribution in [0.5, 0.6) is 0 Å². The molecule has 4 nitrogen and oxygen atoms in total. The van der Waals surface area contributed by atoms with E-state index in [1.54, 1.807) is 0 Å². The lowest BCUT2D eigenvalue weighted by atomic mass is 10.0. The fourth-order valence-electron chi connectivity index (χ4n) is 3.53. The molecule has 1 heterocycles. The molecule has 0 unspecified atom stereocenters. The third kappa shape index (κ3) is 4.47. The van der Waals surface area contributed by atoms with Crippen molar-refractivity contribution in [3.8, 4) is 0 Å². The molecule has 0 spiro atoms. The summed E-state index contributed by atoms with van der Waals surface area (Å²) < 4.78 is 0. The van der Waals surface area contributed by atoms with Gasteiger partial charge in [-0.2, -0.15) is 0 Å². The van der Waals surface area contributed by atoms with E-state index in [0.29, 0.717) is 6.04 Å². The van der Waals surface area contributed by atoms with Crippen LogP contribution >= 0.6 is 12.4 Å². The maximum atomic E-state index is 10.8. The summed E-state index contributed by atoms with van der Waals surface area (Å²) in [7, 11) is 1.92. The molecule has 0 radical (unpaired) electrons. The number of rotatable bonds is 5. The van der Waals surface area contributed by atoms with E-state index in [9.17, 15) is 4.79 Å². The third-order valence-corrected chi connectivity index (χ3v) is 4.84. The van der Waals surface area contributed by atoms with Crippen molar-refractivity contribution in [2.45, 2.75) is 25.4 Å². The number of likely N-dealkylation sites (tertiary alicyclic amines) is 1. The normalized spacial score (nSPS) is 16.2. The van der Waals surface area contributed by atoms with Crippen LogP contribution in [0.15, 0.2) is 42.5 Å². The molecule has 0 aromatic heterocycles. The minimum absolute atomic E-state index is 0. The molecule has 24 heavy (non-hydrogen) atoms. The van der Waals surface area contributed by atoms with Gasteiger partial charge in [0, 0.05) is 12.6 Å². The number of carboxylic acids is 1. The van der Waals surface area contributed by atoms with Crippen molar-refractivity contribution in [2.75, 3.05) is 26.7 Å². The molecular formula is C19H25ClN2O2. The van der Waals surface area contributed by atoms with Gasteiger partial charge in [-0.15, -0.1) is 12.4 Å². The van der Waals surface area contributed by atoms with Crippen molar-refractivity contribution >= 4 is 29.1 Å². The summed E-state index contributed by atoms with van der Waals surface area (Å²) in [6.07, 6.45) is 2.07. The largest absolute Gasteiger partial charge is 0.480 e. The van der Waals surface area contributed by atoms with E-state index in [2.05, 4.69) is 47.4 Å². The number of aliphatic carboxylic acids is 1. The number of likely N-dealkylation sites (N-methyl/N-ethyl adjacent to an activating group) is 1. The predicted molar refractivity (Wildman–Crippen MR) is 99.8 cm³/mol. The average molecular weight is 349 g/mol. The number of hydrogen-bond acceptors (Lipinski definition) is 3. The zero-order valence-corrected chi connectivity index (χ0v) is 14.8. The van der Waals surface area contributed by atoms with Crippen LogP contribution in [0.25, 0.3) is 10.8 Å². The molecule has 1 N–H and O–H groups in total. The number of carboxylic acid groups (broad SMARTS) is 1. The van der Waals surface area contributed by atoms with Crippen LogP contribution in [0.2, 0.25) is 0 Å². The first-order valence-corrected chi connectivity index (χ1v) is 8.24. The van der Waals surface area contributed by atoms with Crippen LogP contribution in [0.1, 0.15) is 18.4 Å². The summed E-state index contributed by atoms with van der Waals surface area (Å²) in [5.41, 5.74) is 1.38. The maximum absolute atomic E-state index is 10.8. The quantitative estimate of drug-likeness (QED) is 0.900. The number of nitrogens with zero attached hydrogens (tertiary/aromatic N) is 2. The van der Waals surface area contributed by atoms with Crippen LogP contribution < -0.4 is 0 Å². The number of hydrogen-bond donors (Lipinski definition) is 1. The van der Waals surface area contributed by atoms with Gasteiger partial charge < -0.3 is 5.11 Å². The number of piperidine rings is 1. The predicted octanol–water partition coefficient (Wildman–Crippen LogP) is 3.24. The Labute approximate surface area is 149 Å². The van der Waals surface area contributed by atoms with Gasteiger partial charge in [-0.3, -0.25) is 14.6 Å². The molecule has 1 saturated heterocycles. The molecule has 0 bridgehead atoms. The summed E-state index contributed by atoms with van der Waals surface area (Å²) in [4.78, 5) is 15.3. The second-order valence-corrected chi connectivity index (χ2v) is 6.45. The highest BCUT2D eigenvalue weighted by Crippen LogP contribution is 2.22. The standard InChI is InChI=1S/C19H24N2O2.ClH/c1-20(14-19(22)23)17-9-11-21(12-10-17)13-16-7-4-6-15-5-2-3-8-18(15)16;/h2-8,17H,9-14H2,1H3,(H,22,23);1H. The summed E-state index contributed by atoms with van der Waals surface area (Å²) in [5, 5.41) is 11.5. The lowest BCUT2D eigenvalue weighted by molar-refractivity contribution is -0.138. The minimum atomic E-state index is -0.745. The molecule has 1 fully saturated rings. The third-order valence-electron chi connectivity index (χ3n) is 4.84. The van der Waals surface area contributed by atoms with Crippen LogP contribution in [0, 0.1) is 0 Å². The van der Waals surface area contributed by atoms with Gasteiger partial charge in [0.25, 0.3) is 0 Å². The summed E-state index contributed by atoms with van der Waals surface area (Å²) >= 11 is 0. The van der Waals surface area contributed by atoms with Crippen LogP contribution in [0.4, 0.5) is 0 Å². The van der Waals surface area contributed by atoms with E-state index in [0.717, 1.165) is 32.5 Å². The first-order valence-electron chi connectivity index (χ1n) is 8.24. The smallest absolute Gasteiger partial charge is 0.317 e. The average Bonchev–Trinajstić information content (AvgIpc) is 2.55. The first-order chi connectivity index (χ1) is 11.1. The van der Waals surface area contributed by atoms with Gasteiger partial charge in [0.15, 0.2) is 0 Å². The highest BCUT2D eigenvalue weighted by atomic mass is 35.5. The Morgan fingerprint density at radius 3 is 2.54 bits per heavy atom. The minimum Gasteiger partial charge on any atom is -0.480 e. The molecule has 0 atom stereocenters. The summed E-state index contributed by atoms with van der Waals surface area (Å²) in [6.45, 7) is 3.15. The zero-order chi connectivity index (χ0) is 16.2. The summed E-state index contributed by atoms with van der Waals surface area (Å²) in [5.74, 6) is -0.745. The molecule has 2 aromatic carbocycles. The van der Waals surface area contributed by atoms with E-state index >= 15 is 0 Å². The fraction of sp³-hybridized carbons (Fsp3) is 0.421.